The summed E-state index contributed by atoms with van der Waals surface area (Å²) < 4.78 is 5.82. The molecule has 0 aliphatic rings. The van der Waals surface area contributed by atoms with Crippen molar-refractivity contribution in [1.29, 1.82) is 0 Å². The van der Waals surface area contributed by atoms with Gasteiger partial charge >= 0.3 is 0 Å². The maximum atomic E-state index is 9.42. The molecule has 1 atom stereocenters. The van der Waals surface area contributed by atoms with Crippen LogP contribution in [-0.2, 0) is 0 Å². The maximum Gasteiger partial charge on any atom is 0.122 e. The SMILES string of the molecule is CCNC(C)(CO)CCCCOc1ccc(C)cc1C. The Bertz CT molecular complexity index is 406. The van der Waals surface area contributed by atoms with Crippen LogP contribution in [0.1, 0.15) is 44.2 Å². The van der Waals surface area contributed by atoms with Crippen LogP contribution in [0.2, 0.25) is 0 Å². The zero-order valence-corrected chi connectivity index (χ0v) is 13.3. The Morgan fingerprint density at radius 2 is 2.00 bits per heavy atom. The number of benzene rings is 1. The molecule has 0 spiro atoms. The van der Waals surface area contributed by atoms with Crippen LogP contribution in [0, 0.1) is 13.8 Å². The van der Waals surface area contributed by atoms with E-state index in [1.54, 1.807) is 0 Å². The lowest BCUT2D eigenvalue weighted by molar-refractivity contribution is 0.162. The summed E-state index contributed by atoms with van der Waals surface area (Å²) in [6, 6.07) is 6.26. The summed E-state index contributed by atoms with van der Waals surface area (Å²) >= 11 is 0. The van der Waals surface area contributed by atoms with Gasteiger partial charge in [-0.1, -0.05) is 24.6 Å². The first-order chi connectivity index (χ1) is 9.50. The van der Waals surface area contributed by atoms with E-state index in [2.05, 4.69) is 45.1 Å². The molecule has 1 rings (SSSR count). The van der Waals surface area contributed by atoms with Crippen molar-refractivity contribution in [3.05, 3.63) is 29.3 Å². The predicted octanol–water partition coefficient (Wildman–Crippen LogP) is 3.21. The van der Waals surface area contributed by atoms with E-state index in [-0.39, 0.29) is 12.1 Å². The number of hydrogen-bond acceptors (Lipinski definition) is 3. The van der Waals surface area contributed by atoms with Gasteiger partial charge in [-0.05, 0) is 58.2 Å². The molecule has 0 saturated carbocycles. The number of nitrogens with one attached hydrogen (secondary N) is 1. The van der Waals surface area contributed by atoms with E-state index < -0.39 is 0 Å². The minimum atomic E-state index is -0.158. The number of aliphatic hydroxyl groups is 1. The molecule has 0 saturated heterocycles. The van der Waals surface area contributed by atoms with Gasteiger partial charge in [0.2, 0.25) is 0 Å². The molecule has 0 heterocycles. The van der Waals surface area contributed by atoms with E-state index in [0.29, 0.717) is 0 Å². The first-order valence-corrected chi connectivity index (χ1v) is 7.56. The third-order valence-electron chi connectivity index (χ3n) is 3.66. The summed E-state index contributed by atoms with van der Waals surface area (Å²) in [5.74, 6) is 0.979. The minimum absolute atomic E-state index is 0.158. The lowest BCUT2D eigenvalue weighted by Crippen LogP contribution is -2.45. The van der Waals surface area contributed by atoms with Crippen molar-refractivity contribution in [3.63, 3.8) is 0 Å². The van der Waals surface area contributed by atoms with Crippen molar-refractivity contribution in [2.45, 2.75) is 52.5 Å². The molecule has 1 unspecified atom stereocenters. The quantitative estimate of drug-likeness (QED) is 0.682. The highest BCUT2D eigenvalue weighted by Gasteiger charge is 2.20. The van der Waals surface area contributed by atoms with Crippen LogP contribution in [-0.4, -0.2) is 30.4 Å². The molecular weight excluding hydrogens is 250 g/mol. The van der Waals surface area contributed by atoms with Gasteiger partial charge in [0.05, 0.1) is 13.2 Å². The van der Waals surface area contributed by atoms with Gasteiger partial charge in [-0.2, -0.15) is 0 Å². The van der Waals surface area contributed by atoms with Crippen molar-refractivity contribution in [2.75, 3.05) is 19.8 Å². The van der Waals surface area contributed by atoms with Crippen LogP contribution in [0.25, 0.3) is 0 Å². The van der Waals surface area contributed by atoms with Crippen LogP contribution >= 0.6 is 0 Å². The molecule has 0 bridgehead atoms. The van der Waals surface area contributed by atoms with Gasteiger partial charge < -0.3 is 15.2 Å². The third kappa shape index (κ3) is 5.51. The predicted molar refractivity (Wildman–Crippen MR) is 84.4 cm³/mol. The Morgan fingerprint density at radius 1 is 1.25 bits per heavy atom. The first-order valence-electron chi connectivity index (χ1n) is 7.56. The zero-order valence-electron chi connectivity index (χ0n) is 13.3. The first kappa shape index (κ1) is 17.0. The standard InChI is InChI=1S/C17H29NO2/c1-5-18-17(4,13-19)10-6-7-11-20-16-9-8-14(2)12-15(16)3/h8-9,12,18-19H,5-7,10-11,13H2,1-4H3. The Morgan fingerprint density at radius 3 is 2.60 bits per heavy atom. The van der Waals surface area contributed by atoms with Gasteiger partial charge in [0, 0.05) is 5.54 Å². The van der Waals surface area contributed by atoms with E-state index in [1.807, 2.05) is 6.07 Å². The topological polar surface area (TPSA) is 41.5 Å². The molecule has 114 valence electrons. The summed E-state index contributed by atoms with van der Waals surface area (Å²) in [6.07, 6.45) is 3.02. The molecule has 1 aromatic rings. The normalized spacial score (nSPS) is 14.1. The number of unbranched alkanes of at least 4 members (excludes halogenated alkanes) is 1. The number of hydrogen-bond donors (Lipinski definition) is 2. The zero-order chi connectivity index (χ0) is 15.0. The molecule has 0 amide bonds. The number of likely N-dealkylation sites (N-methyl/N-ethyl adjacent to an activating group) is 1. The molecule has 1 aromatic carbocycles. The summed E-state index contributed by atoms with van der Waals surface area (Å²) in [4.78, 5) is 0. The lowest BCUT2D eigenvalue weighted by Gasteiger charge is -2.28. The lowest BCUT2D eigenvalue weighted by atomic mass is 9.96. The second-order valence-corrected chi connectivity index (χ2v) is 5.82. The van der Waals surface area contributed by atoms with Crippen molar-refractivity contribution < 1.29 is 9.84 Å². The van der Waals surface area contributed by atoms with Gasteiger partial charge in [0.25, 0.3) is 0 Å². The largest absolute Gasteiger partial charge is 0.493 e. The molecule has 0 aromatic heterocycles. The number of ether oxygens (including phenoxy) is 1. The molecule has 0 fully saturated rings. The molecule has 3 nitrogen and oxygen atoms in total. The molecule has 0 aliphatic carbocycles. The second-order valence-electron chi connectivity index (χ2n) is 5.82. The van der Waals surface area contributed by atoms with Gasteiger partial charge in [-0.25, -0.2) is 0 Å². The van der Waals surface area contributed by atoms with E-state index in [9.17, 15) is 5.11 Å². The fourth-order valence-corrected chi connectivity index (χ4v) is 2.41. The monoisotopic (exact) mass is 279 g/mol. The van der Waals surface area contributed by atoms with E-state index in [1.165, 1.54) is 11.1 Å². The van der Waals surface area contributed by atoms with Crippen LogP contribution in [0.4, 0.5) is 0 Å². The van der Waals surface area contributed by atoms with Crippen LogP contribution < -0.4 is 10.1 Å². The Kier molecular flexibility index (Phi) is 7.03. The maximum absolute atomic E-state index is 9.42. The average Bonchev–Trinajstić information content (AvgIpc) is 2.41. The van der Waals surface area contributed by atoms with E-state index in [4.69, 9.17) is 4.74 Å². The molecule has 0 radical (unpaired) electrons. The Labute approximate surface area is 123 Å². The van der Waals surface area contributed by atoms with E-state index in [0.717, 1.165) is 38.2 Å². The second kappa shape index (κ2) is 8.28. The van der Waals surface area contributed by atoms with Gasteiger partial charge in [0.15, 0.2) is 0 Å². The van der Waals surface area contributed by atoms with Crippen LogP contribution in [0.3, 0.4) is 0 Å². The van der Waals surface area contributed by atoms with Crippen LogP contribution in [0.5, 0.6) is 5.75 Å². The van der Waals surface area contributed by atoms with Gasteiger partial charge in [0.1, 0.15) is 5.75 Å². The average molecular weight is 279 g/mol. The molecule has 2 N–H and O–H groups in total. The molecular formula is C17H29NO2. The fraction of sp³-hybridized carbons (Fsp3) is 0.647. The van der Waals surface area contributed by atoms with Gasteiger partial charge in [-0.15, -0.1) is 0 Å². The summed E-state index contributed by atoms with van der Waals surface area (Å²) in [6.45, 7) is 10.1. The molecule has 0 aliphatic heterocycles. The highest BCUT2D eigenvalue weighted by atomic mass is 16.5. The minimum Gasteiger partial charge on any atom is -0.493 e. The van der Waals surface area contributed by atoms with Gasteiger partial charge in [-0.3, -0.25) is 0 Å². The van der Waals surface area contributed by atoms with Crippen molar-refractivity contribution >= 4 is 0 Å². The van der Waals surface area contributed by atoms with Crippen LogP contribution in [0.15, 0.2) is 18.2 Å². The highest BCUT2D eigenvalue weighted by Crippen LogP contribution is 2.19. The Hall–Kier alpha value is -1.06. The summed E-state index contributed by atoms with van der Waals surface area (Å²) in [7, 11) is 0. The number of aliphatic hydroxyl groups excluding tert-OH is 1. The fourth-order valence-electron chi connectivity index (χ4n) is 2.41. The molecule has 3 heteroatoms. The number of aryl methyl sites for hydroxylation is 2. The highest BCUT2D eigenvalue weighted by molar-refractivity contribution is 5.35. The van der Waals surface area contributed by atoms with Crippen molar-refractivity contribution in [1.82, 2.24) is 5.32 Å². The third-order valence-corrected chi connectivity index (χ3v) is 3.66. The van der Waals surface area contributed by atoms with Crippen molar-refractivity contribution in [2.24, 2.45) is 0 Å². The number of rotatable bonds is 9. The summed E-state index contributed by atoms with van der Waals surface area (Å²) in [5, 5.41) is 12.8. The molecule has 20 heavy (non-hydrogen) atoms. The summed E-state index contributed by atoms with van der Waals surface area (Å²) in [5.41, 5.74) is 2.30. The van der Waals surface area contributed by atoms with E-state index >= 15 is 0 Å². The van der Waals surface area contributed by atoms with Crippen molar-refractivity contribution in [3.8, 4) is 5.75 Å². The smallest absolute Gasteiger partial charge is 0.122 e. The Balaban J connectivity index is 2.28.